The molecule has 0 spiro atoms. The third-order valence-electron chi connectivity index (χ3n) is 3.74. The lowest BCUT2D eigenvalue weighted by Crippen LogP contribution is -2.49. The third kappa shape index (κ3) is 3.68. The average Bonchev–Trinajstić information content (AvgIpc) is 2.57. The molecule has 6 heteroatoms. The molecule has 2 rings (SSSR count). The zero-order valence-corrected chi connectivity index (χ0v) is 13.0. The zero-order chi connectivity index (χ0) is 15.9. The van der Waals surface area contributed by atoms with Crippen LogP contribution in [-0.2, 0) is 4.74 Å². The van der Waals surface area contributed by atoms with Gasteiger partial charge < -0.3 is 14.4 Å². The normalized spacial score (nSPS) is 16.7. The van der Waals surface area contributed by atoms with E-state index in [1.165, 1.54) is 7.11 Å². The summed E-state index contributed by atoms with van der Waals surface area (Å²) in [5.74, 6) is 0.804. The van der Waals surface area contributed by atoms with Crippen LogP contribution in [0, 0.1) is 11.3 Å². The summed E-state index contributed by atoms with van der Waals surface area (Å²) in [7, 11) is 1.38. The standard InChI is InChI=1S/C16H21N3O3/c1-3-22-14-6-4-13(5-7-14)15(12-17)18-8-10-19(11-9-18)16(20)21-2/h4-7,15H,3,8-11H2,1-2H3. The van der Waals surface area contributed by atoms with Gasteiger partial charge in [-0.3, -0.25) is 4.90 Å². The Hall–Kier alpha value is -2.26. The first kappa shape index (κ1) is 16.1. The van der Waals surface area contributed by atoms with Gasteiger partial charge >= 0.3 is 6.09 Å². The van der Waals surface area contributed by atoms with E-state index < -0.39 is 0 Å². The fourth-order valence-electron chi connectivity index (χ4n) is 2.57. The molecule has 0 radical (unpaired) electrons. The molecular weight excluding hydrogens is 282 g/mol. The second kappa shape index (κ2) is 7.66. The number of benzene rings is 1. The van der Waals surface area contributed by atoms with Crippen molar-refractivity contribution < 1.29 is 14.3 Å². The van der Waals surface area contributed by atoms with Crippen molar-refractivity contribution in [3.63, 3.8) is 0 Å². The number of hydrogen-bond acceptors (Lipinski definition) is 5. The first-order valence-electron chi connectivity index (χ1n) is 7.39. The van der Waals surface area contributed by atoms with Crippen molar-refractivity contribution in [1.82, 2.24) is 9.80 Å². The van der Waals surface area contributed by atoms with Crippen LogP contribution in [0.2, 0.25) is 0 Å². The van der Waals surface area contributed by atoms with E-state index in [4.69, 9.17) is 9.47 Å². The smallest absolute Gasteiger partial charge is 0.409 e. The molecule has 1 saturated heterocycles. The second-order valence-electron chi connectivity index (χ2n) is 5.03. The van der Waals surface area contributed by atoms with Gasteiger partial charge in [-0.1, -0.05) is 12.1 Å². The molecule has 0 saturated carbocycles. The molecule has 1 heterocycles. The lowest BCUT2D eigenvalue weighted by molar-refractivity contribution is 0.0834. The molecular formula is C16H21N3O3. The van der Waals surface area contributed by atoms with E-state index in [9.17, 15) is 10.1 Å². The van der Waals surface area contributed by atoms with Gasteiger partial charge in [-0.25, -0.2) is 4.79 Å². The first-order chi connectivity index (χ1) is 10.7. The Kier molecular flexibility index (Phi) is 5.61. The molecule has 0 aromatic heterocycles. The third-order valence-corrected chi connectivity index (χ3v) is 3.74. The second-order valence-corrected chi connectivity index (χ2v) is 5.03. The summed E-state index contributed by atoms with van der Waals surface area (Å²) in [4.78, 5) is 15.2. The highest BCUT2D eigenvalue weighted by Gasteiger charge is 2.27. The lowest BCUT2D eigenvalue weighted by Gasteiger charge is -2.36. The molecule has 1 aromatic rings. The molecule has 1 atom stereocenters. The molecule has 6 nitrogen and oxygen atoms in total. The number of carbonyl (C=O) groups is 1. The van der Waals surface area contributed by atoms with E-state index in [0.29, 0.717) is 32.8 Å². The van der Waals surface area contributed by atoms with E-state index >= 15 is 0 Å². The molecule has 0 bridgehead atoms. The van der Waals surface area contributed by atoms with Crippen molar-refractivity contribution in [2.24, 2.45) is 0 Å². The molecule has 118 valence electrons. The number of methoxy groups -OCH3 is 1. The topological polar surface area (TPSA) is 65.8 Å². The van der Waals surface area contributed by atoms with E-state index in [2.05, 4.69) is 11.0 Å². The van der Waals surface area contributed by atoms with E-state index in [-0.39, 0.29) is 12.1 Å². The highest BCUT2D eigenvalue weighted by molar-refractivity contribution is 5.67. The minimum atomic E-state index is -0.311. The number of nitriles is 1. The monoisotopic (exact) mass is 303 g/mol. The summed E-state index contributed by atoms with van der Waals surface area (Å²) in [6, 6.07) is 9.65. The van der Waals surface area contributed by atoms with Crippen molar-refractivity contribution in [2.75, 3.05) is 39.9 Å². The highest BCUT2D eigenvalue weighted by atomic mass is 16.5. The molecule has 1 aliphatic heterocycles. The summed E-state index contributed by atoms with van der Waals surface area (Å²) in [6.45, 7) is 5.01. The van der Waals surface area contributed by atoms with Crippen LogP contribution in [0.5, 0.6) is 5.75 Å². The number of piperazine rings is 1. The Labute approximate surface area is 130 Å². The van der Waals surface area contributed by atoms with E-state index in [0.717, 1.165) is 11.3 Å². The number of rotatable bonds is 4. The predicted molar refractivity (Wildman–Crippen MR) is 81.5 cm³/mol. The summed E-state index contributed by atoms with van der Waals surface area (Å²) < 4.78 is 10.1. The summed E-state index contributed by atoms with van der Waals surface area (Å²) in [6.07, 6.45) is -0.311. The van der Waals surface area contributed by atoms with Crippen LogP contribution in [0.4, 0.5) is 4.79 Å². The SMILES string of the molecule is CCOc1ccc(C(C#N)N2CCN(C(=O)OC)CC2)cc1. The Morgan fingerprint density at radius 1 is 1.27 bits per heavy atom. The van der Waals surface area contributed by atoms with Crippen molar-refractivity contribution in [2.45, 2.75) is 13.0 Å². The fourth-order valence-corrected chi connectivity index (χ4v) is 2.57. The number of ether oxygens (including phenoxy) is 2. The number of carbonyl (C=O) groups excluding carboxylic acids is 1. The molecule has 0 N–H and O–H groups in total. The minimum absolute atomic E-state index is 0.310. The molecule has 0 aliphatic carbocycles. The van der Waals surface area contributed by atoms with Crippen LogP contribution in [0.3, 0.4) is 0 Å². The highest BCUT2D eigenvalue weighted by Crippen LogP contribution is 2.24. The number of nitrogens with zero attached hydrogens (tertiary/aromatic N) is 3. The molecule has 1 unspecified atom stereocenters. The van der Waals surface area contributed by atoms with Gasteiger partial charge in [0.2, 0.25) is 0 Å². The molecule has 1 aromatic carbocycles. The molecule has 1 fully saturated rings. The van der Waals surface area contributed by atoms with Crippen molar-refractivity contribution in [3.8, 4) is 11.8 Å². The van der Waals surface area contributed by atoms with Crippen LogP contribution in [0.15, 0.2) is 24.3 Å². The predicted octanol–water partition coefficient (Wildman–Crippen LogP) is 2.03. The summed E-state index contributed by atoms with van der Waals surface area (Å²) in [5.41, 5.74) is 0.942. The molecule has 1 amide bonds. The Bertz CT molecular complexity index is 531. The maximum atomic E-state index is 11.5. The zero-order valence-electron chi connectivity index (χ0n) is 13.0. The van der Waals surface area contributed by atoms with Gasteiger partial charge in [-0.2, -0.15) is 5.26 Å². The van der Waals surface area contributed by atoms with Gasteiger partial charge in [-0.15, -0.1) is 0 Å². The molecule has 1 aliphatic rings. The molecule has 22 heavy (non-hydrogen) atoms. The fraction of sp³-hybridized carbons (Fsp3) is 0.500. The van der Waals surface area contributed by atoms with Crippen LogP contribution < -0.4 is 4.74 Å². The Morgan fingerprint density at radius 3 is 2.41 bits per heavy atom. The van der Waals surface area contributed by atoms with Gasteiger partial charge in [-0.05, 0) is 24.6 Å². The maximum absolute atomic E-state index is 11.5. The van der Waals surface area contributed by atoms with E-state index in [1.807, 2.05) is 31.2 Å². The van der Waals surface area contributed by atoms with Gasteiger partial charge in [0.25, 0.3) is 0 Å². The van der Waals surface area contributed by atoms with Crippen LogP contribution >= 0.6 is 0 Å². The van der Waals surface area contributed by atoms with Crippen LogP contribution in [0.1, 0.15) is 18.5 Å². The Morgan fingerprint density at radius 2 is 1.91 bits per heavy atom. The van der Waals surface area contributed by atoms with Crippen molar-refractivity contribution >= 4 is 6.09 Å². The largest absolute Gasteiger partial charge is 0.494 e. The van der Waals surface area contributed by atoms with Crippen LogP contribution in [0.25, 0.3) is 0 Å². The average molecular weight is 303 g/mol. The van der Waals surface area contributed by atoms with Crippen molar-refractivity contribution in [1.29, 1.82) is 5.26 Å². The Balaban J connectivity index is 2.01. The van der Waals surface area contributed by atoms with Crippen molar-refractivity contribution in [3.05, 3.63) is 29.8 Å². The van der Waals surface area contributed by atoms with Crippen LogP contribution in [-0.4, -0.2) is 55.8 Å². The lowest BCUT2D eigenvalue weighted by atomic mass is 10.1. The summed E-state index contributed by atoms with van der Waals surface area (Å²) >= 11 is 0. The minimum Gasteiger partial charge on any atom is -0.494 e. The quantitative estimate of drug-likeness (QED) is 0.851. The first-order valence-corrected chi connectivity index (χ1v) is 7.39. The number of hydrogen-bond donors (Lipinski definition) is 0. The van der Waals surface area contributed by atoms with Gasteiger partial charge in [0.15, 0.2) is 0 Å². The maximum Gasteiger partial charge on any atom is 0.409 e. The van der Waals surface area contributed by atoms with E-state index in [1.54, 1.807) is 4.90 Å². The van der Waals surface area contributed by atoms with Gasteiger partial charge in [0.1, 0.15) is 11.8 Å². The summed E-state index contributed by atoms with van der Waals surface area (Å²) in [5, 5.41) is 9.50. The van der Waals surface area contributed by atoms with Gasteiger partial charge in [0, 0.05) is 26.2 Å². The van der Waals surface area contributed by atoms with Gasteiger partial charge in [0.05, 0.1) is 19.8 Å². The number of amides is 1.